The Hall–Kier alpha value is -3.09. The van der Waals surface area contributed by atoms with Crippen LogP contribution in [0.15, 0.2) is 50.9 Å². The summed E-state index contributed by atoms with van der Waals surface area (Å²) in [4.78, 5) is 36.5. The molecule has 0 spiro atoms. The molecule has 32 heavy (non-hydrogen) atoms. The normalized spacial score (nSPS) is 13.2. The van der Waals surface area contributed by atoms with Crippen LogP contribution in [0.4, 0.5) is 4.79 Å². The summed E-state index contributed by atoms with van der Waals surface area (Å²) < 4.78 is 15.3. The third-order valence-electron chi connectivity index (χ3n) is 5.04. The first-order chi connectivity index (χ1) is 15.2. The summed E-state index contributed by atoms with van der Waals surface area (Å²) in [5.41, 5.74) is 0.811. The molecule has 0 aromatic carbocycles. The number of ether oxygens (including phenoxy) is 2. The highest BCUT2D eigenvalue weighted by atomic mass is 16.5. The van der Waals surface area contributed by atoms with Crippen molar-refractivity contribution in [2.24, 2.45) is 0 Å². The van der Waals surface area contributed by atoms with Crippen molar-refractivity contribution in [3.8, 4) is 5.75 Å². The minimum Gasteiger partial charge on any atom is -0.496 e. The molecule has 0 aliphatic rings. The Bertz CT molecular complexity index is 923. The van der Waals surface area contributed by atoms with Crippen molar-refractivity contribution in [1.82, 2.24) is 5.32 Å². The summed E-state index contributed by atoms with van der Waals surface area (Å²) >= 11 is 0. The average Bonchev–Trinajstić information content (AvgIpc) is 2.79. The molecule has 1 N–H and O–H groups in total. The summed E-state index contributed by atoms with van der Waals surface area (Å²) in [5.74, 6) is 0.139. The van der Waals surface area contributed by atoms with Crippen LogP contribution >= 0.6 is 0 Å². The highest BCUT2D eigenvalue weighted by Crippen LogP contribution is 2.26. The Labute approximate surface area is 190 Å². The van der Waals surface area contributed by atoms with Gasteiger partial charge in [-0.15, -0.1) is 0 Å². The SMILES string of the molecule is CCCC/C(C)=C/C=C(\C)C(=O)c1c(OC)cc(C(C)CC/C=C/NC(=O)OC)oc1=O. The van der Waals surface area contributed by atoms with E-state index in [-0.39, 0.29) is 17.2 Å². The maximum atomic E-state index is 12.9. The number of rotatable bonds is 12. The number of allylic oxidation sites excluding steroid dienone is 5. The van der Waals surface area contributed by atoms with Crippen molar-refractivity contribution in [1.29, 1.82) is 0 Å². The van der Waals surface area contributed by atoms with Gasteiger partial charge in [-0.25, -0.2) is 9.59 Å². The number of Topliss-reactive ketones (excluding diaryl/α,β-unsaturated/α-hetero) is 1. The Morgan fingerprint density at radius 1 is 1.22 bits per heavy atom. The number of ketones is 1. The molecule has 1 aromatic heterocycles. The van der Waals surface area contributed by atoms with Crippen molar-refractivity contribution in [3.05, 3.63) is 63.4 Å². The zero-order chi connectivity index (χ0) is 24.1. The second-order valence-corrected chi connectivity index (χ2v) is 7.69. The first-order valence-corrected chi connectivity index (χ1v) is 10.8. The van der Waals surface area contributed by atoms with Crippen LogP contribution in [-0.2, 0) is 4.74 Å². The Morgan fingerprint density at radius 3 is 2.56 bits per heavy atom. The summed E-state index contributed by atoms with van der Waals surface area (Å²) in [7, 11) is 2.72. The van der Waals surface area contributed by atoms with E-state index in [1.165, 1.54) is 26.0 Å². The second-order valence-electron chi connectivity index (χ2n) is 7.69. The van der Waals surface area contributed by atoms with E-state index in [9.17, 15) is 14.4 Å². The van der Waals surface area contributed by atoms with E-state index in [0.29, 0.717) is 24.2 Å². The summed E-state index contributed by atoms with van der Waals surface area (Å²) in [5, 5.41) is 2.45. The van der Waals surface area contributed by atoms with Gasteiger partial charge in [0.1, 0.15) is 17.1 Å². The Morgan fingerprint density at radius 2 is 1.94 bits per heavy atom. The molecule has 1 rings (SSSR count). The van der Waals surface area contributed by atoms with Crippen molar-refractivity contribution in [2.75, 3.05) is 14.2 Å². The van der Waals surface area contributed by atoms with Crippen LogP contribution in [-0.4, -0.2) is 26.1 Å². The summed E-state index contributed by atoms with van der Waals surface area (Å²) in [6, 6.07) is 1.60. The lowest BCUT2D eigenvalue weighted by Crippen LogP contribution is -2.18. The molecule has 7 nitrogen and oxygen atoms in total. The topological polar surface area (TPSA) is 94.8 Å². The maximum absolute atomic E-state index is 12.9. The first kappa shape index (κ1) is 26.9. The fourth-order valence-electron chi connectivity index (χ4n) is 2.93. The van der Waals surface area contributed by atoms with Gasteiger partial charge in [0.25, 0.3) is 0 Å². The van der Waals surface area contributed by atoms with Crippen LogP contribution in [0.25, 0.3) is 0 Å². The minimum atomic E-state index is -0.710. The van der Waals surface area contributed by atoms with Crippen LogP contribution in [0.3, 0.4) is 0 Å². The number of carbonyl (C=O) groups excluding carboxylic acids is 2. The molecule has 1 atom stereocenters. The fourth-order valence-corrected chi connectivity index (χ4v) is 2.93. The highest BCUT2D eigenvalue weighted by molar-refractivity contribution is 6.09. The van der Waals surface area contributed by atoms with Crippen molar-refractivity contribution >= 4 is 11.9 Å². The van der Waals surface area contributed by atoms with E-state index in [4.69, 9.17) is 9.15 Å². The van der Waals surface area contributed by atoms with E-state index >= 15 is 0 Å². The van der Waals surface area contributed by atoms with Gasteiger partial charge in [-0.2, -0.15) is 0 Å². The summed E-state index contributed by atoms with van der Waals surface area (Å²) in [6.45, 7) is 7.74. The monoisotopic (exact) mass is 445 g/mol. The quantitative estimate of drug-likeness (QED) is 0.253. The molecule has 0 saturated heterocycles. The standard InChI is InChI=1S/C25H35NO6/c1-7-8-11-17(2)13-14-19(4)23(27)22-21(30-5)16-20(32-24(22)28)18(3)12-9-10-15-26-25(29)31-6/h10,13-16,18H,7-9,11-12H2,1-6H3,(H,26,29)/b15-10+,17-13+,19-14+. The molecule has 0 aliphatic carbocycles. The van der Waals surface area contributed by atoms with Gasteiger partial charge < -0.3 is 13.9 Å². The lowest BCUT2D eigenvalue weighted by Gasteiger charge is -2.12. The Balaban J connectivity index is 2.97. The molecule has 1 aromatic rings. The molecule has 0 radical (unpaired) electrons. The van der Waals surface area contributed by atoms with Crippen LogP contribution in [0, 0.1) is 0 Å². The van der Waals surface area contributed by atoms with E-state index in [1.54, 1.807) is 25.1 Å². The zero-order valence-electron chi connectivity index (χ0n) is 19.9. The number of unbranched alkanes of at least 4 members (excludes halogenated alkanes) is 1. The van der Waals surface area contributed by atoms with Crippen molar-refractivity contribution in [2.45, 2.75) is 65.7 Å². The number of hydrogen-bond donors (Lipinski definition) is 1. The van der Waals surface area contributed by atoms with Gasteiger partial charge in [-0.05, 0) is 45.1 Å². The number of amides is 1. The van der Waals surface area contributed by atoms with Crippen molar-refractivity contribution < 1.29 is 23.5 Å². The van der Waals surface area contributed by atoms with Gasteiger partial charge in [-0.1, -0.05) is 44.1 Å². The predicted octanol–water partition coefficient (Wildman–Crippen LogP) is 5.67. The molecule has 1 amide bonds. The van der Waals surface area contributed by atoms with Gasteiger partial charge in [-0.3, -0.25) is 10.1 Å². The lowest BCUT2D eigenvalue weighted by molar-refractivity contribution is 0.102. The Kier molecular flexibility index (Phi) is 11.8. The molecule has 0 saturated carbocycles. The molecular formula is C25H35NO6. The highest BCUT2D eigenvalue weighted by Gasteiger charge is 2.22. The first-order valence-electron chi connectivity index (χ1n) is 10.8. The fraction of sp³-hybridized carbons (Fsp3) is 0.480. The summed E-state index contributed by atoms with van der Waals surface area (Å²) in [6.07, 6.45) is 10.9. The largest absolute Gasteiger partial charge is 0.496 e. The minimum absolute atomic E-state index is 0.0932. The molecule has 176 valence electrons. The number of nitrogens with one attached hydrogen (secondary N) is 1. The zero-order valence-corrected chi connectivity index (χ0v) is 19.9. The van der Waals surface area contributed by atoms with Gasteiger partial charge >= 0.3 is 11.7 Å². The smallest absolute Gasteiger partial charge is 0.410 e. The van der Waals surface area contributed by atoms with Crippen LogP contribution in [0.2, 0.25) is 0 Å². The number of carbonyl (C=O) groups is 2. The molecular weight excluding hydrogens is 410 g/mol. The van der Waals surface area contributed by atoms with E-state index in [0.717, 1.165) is 19.3 Å². The predicted molar refractivity (Wildman–Crippen MR) is 125 cm³/mol. The van der Waals surface area contributed by atoms with Gasteiger partial charge in [0.05, 0.1) is 14.2 Å². The third-order valence-corrected chi connectivity index (χ3v) is 5.04. The lowest BCUT2D eigenvalue weighted by atomic mass is 9.99. The molecule has 0 fully saturated rings. The van der Waals surface area contributed by atoms with Crippen LogP contribution in [0.1, 0.15) is 81.8 Å². The molecule has 1 heterocycles. The molecule has 1 unspecified atom stereocenters. The molecule has 7 heteroatoms. The van der Waals surface area contributed by atoms with E-state index in [2.05, 4.69) is 17.0 Å². The van der Waals surface area contributed by atoms with Crippen LogP contribution < -0.4 is 15.7 Å². The number of methoxy groups -OCH3 is 2. The van der Waals surface area contributed by atoms with Crippen LogP contribution in [0.5, 0.6) is 5.75 Å². The number of alkyl carbamates (subject to hydrolysis) is 1. The number of hydrogen-bond acceptors (Lipinski definition) is 6. The third kappa shape index (κ3) is 8.57. The molecule has 0 aliphatic heterocycles. The van der Waals surface area contributed by atoms with Crippen molar-refractivity contribution in [3.63, 3.8) is 0 Å². The average molecular weight is 446 g/mol. The maximum Gasteiger partial charge on any atom is 0.410 e. The van der Waals surface area contributed by atoms with Gasteiger partial charge in [0, 0.05) is 18.2 Å². The molecule has 0 bridgehead atoms. The van der Waals surface area contributed by atoms with E-state index < -0.39 is 17.5 Å². The van der Waals surface area contributed by atoms with Gasteiger partial charge in [0.15, 0.2) is 5.78 Å². The second kappa shape index (κ2) is 14.1. The van der Waals surface area contributed by atoms with E-state index in [1.807, 2.05) is 19.9 Å². The van der Waals surface area contributed by atoms with Gasteiger partial charge in [0.2, 0.25) is 0 Å².